The third-order valence-corrected chi connectivity index (χ3v) is 3.86. The smallest absolute Gasteiger partial charge is 0.739 e. The summed E-state index contributed by atoms with van der Waals surface area (Å²) in [6.07, 6.45) is -4.27. The summed E-state index contributed by atoms with van der Waals surface area (Å²) in [5.74, 6) is -3.33. The topological polar surface area (TPSA) is 239 Å². The number of anilines is 1. The number of imidazole rings is 1. The molecule has 2 rings (SSSR count). The number of hydrogen-bond donors (Lipinski definition) is 5. The van der Waals surface area contributed by atoms with Crippen LogP contribution in [0.5, 0.6) is 0 Å². The van der Waals surface area contributed by atoms with Gasteiger partial charge in [0.25, 0.3) is 5.91 Å². The number of carboxylic acid groups (broad SMARTS) is 1. The zero-order chi connectivity index (χ0) is 20.3. The van der Waals surface area contributed by atoms with E-state index in [1.54, 1.807) is 0 Å². The summed E-state index contributed by atoms with van der Waals surface area (Å²) in [4.78, 5) is 36.9. The van der Waals surface area contributed by atoms with E-state index in [2.05, 4.69) is 4.98 Å². The molecule has 15 nitrogen and oxygen atoms in total. The standard InChI is InChI=1S/C12H17N6O9.2K/c13-9-6(10(22)15-4(12(23)24)1-18(26)16-25)14-3-17(9)11-8(21)7(20)5(2-19)27-11;;/h3-5,7-8,11,19-21H,1-2,13H2,(H,15,22)(H,23,24);;/q-1;2*+1/p-1/t4?,5-,7-,8-,11-;;/m1../s1. The monoisotopic (exact) mass is 466 g/mol. The minimum atomic E-state index is -1.88. The van der Waals surface area contributed by atoms with Gasteiger partial charge in [-0.25, -0.2) is 4.98 Å². The Morgan fingerprint density at radius 2 is 2.03 bits per heavy atom. The minimum absolute atomic E-state index is 0. The van der Waals surface area contributed by atoms with E-state index < -0.39 is 66.5 Å². The summed E-state index contributed by atoms with van der Waals surface area (Å²) < 4.78 is 6.24. The van der Waals surface area contributed by atoms with Crippen LogP contribution in [-0.4, -0.2) is 79.4 Å². The van der Waals surface area contributed by atoms with Gasteiger partial charge in [-0.3, -0.25) is 9.36 Å². The van der Waals surface area contributed by atoms with Gasteiger partial charge >= 0.3 is 103 Å². The first-order valence-electron chi connectivity index (χ1n) is 7.45. The average Bonchev–Trinajstić information content (AvgIpc) is 3.14. The van der Waals surface area contributed by atoms with E-state index in [-0.39, 0.29) is 109 Å². The number of aliphatic hydroxyl groups is 3. The normalized spacial score (nSPS) is 24.0. The Bertz CT molecular complexity index is 722. The maximum absolute atomic E-state index is 12.2. The van der Waals surface area contributed by atoms with Crippen molar-refractivity contribution in [2.24, 2.45) is 5.29 Å². The van der Waals surface area contributed by atoms with Crippen LogP contribution in [0.25, 0.3) is 0 Å². The van der Waals surface area contributed by atoms with Gasteiger partial charge in [0.1, 0.15) is 24.1 Å². The summed E-state index contributed by atoms with van der Waals surface area (Å²) >= 11 is 0. The van der Waals surface area contributed by atoms with Crippen LogP contribution < -0.4 is 119 Å². The minimum Gasteiger partial charge on any atom is -0.739 e. The molecule has 0 radical (unpaired) electrons. The zero-order valence-electron chi connectivity index (χ0n) is 15.5. The van der Waals surface area contributed by atoms with Gasteiger partial charge in [-0.05, 0) is 0 Å². The van der Waals surface area contributed by atoms with Crippen LogP contribution in [0.3, 0.4) is 0 Å². The van der Waals surface area contributed by atoms with E-state index >= 15 is 0 Å². The molecule has 1 saturated heterocycles. The second-order valence-electron chi connectivity index (χ2n) is 5.58. The number of hydrogen-bond acceptors (Lipinski definition) is 12. The third kappa shape index (κ3) is 6.95. The molecule has 1 unspecified atom stereocenters. The molecule has 1 aromatic rings. The van der Waals surface area contributed by atoms with E-state index in [1.165, 1.54) is 0 Å². The number of ether oxygens (including phenoxy) is 1. The first-order chi connectivity index (χ1) is 12.7. The Morgan fingerprint density at radius 1 is 1.41 bits per heavy atom. The van der Waals surface area contributed by atoms with Crippen molar-refractivity contribution >= 4 is 17.7 Å². The molecule has 0 spiro atoms. The summed E-state index contributed by atoms with van der Waals surface area (Å²) in [5, 5.41) is 54.0. The van der Waals surface area contributed by atoms with Gasteiger partial charge in [0.2, 0.25) is 0 Å². The molecule has 2 heterocycles. The van der Waals surface area contributed by atoms with Gasteiger partial charge in [-0.15, -0.1) is 4.91 Å². The van der Waals surface area contributed by atoms with E-state index in [4.69, 9.17) is 15.6 Å². The number of aliphatic carboxylic acids is 1. The van der Waals surface area contributed by atoms with Crippen molar-refractivity contribution in [1.29, 1.82) is 0 Å². The predicted octanol–water partition coefficient (Wildman–Crippen LogP) is -10.6. The van der Waals surface area contributed by atoms with Gasteiger partial charge < -0.3 is 51.4 Å². The number of amides is 1. The van der Waals surface area contributed by atoms with E-state index in [9.17, 15) is 35.0 Å². The van der Waals surface area contributed by atoms with Gasteiger partial charge in [-0.2, -0.15) is 0 Å². The number of nitrogens with one attached hydrogen (secondary N) is 1. The fourth-order valence-electron chi connectivity index (χ4n) is 2.45. The van der Waals surface area contributed by atoms with Gasteiger partial charge in [-0.1, -0.05) is 0 Å². The van der Waals surface area contributed by atoms with Crippen molar-refractivity contribution in [2.45, 2.75) is 30.6 Å². The second-order valence-corrected chi connectivity index (χ2v) is 5.58. The van der Waals surface area contributed by atoms with E-state index in [0.29, 0.717) is 0 Å². The van der Waals surface area contributed by atoms with Crippen LogP contribution in [0.1, 0.15) is 16.7 Å². The number of aromatic nitrogens is 2. The summed E-state index contributed by atoms with van der Waals surface area (Å²) in [6, 6.07) is -1.88. The average molecular weight is 466 g/mol. The van der Waals surface area contributed by atoms with Crippen molar-refractivity contribution in [3.05, 3.63) is 22.1 Å². The molecule has 5 atom stereocenters. The Kier molecular flexibility index (Phi) is 13.3. The third-order valence-electron chi connectivity index (χ3n) is 3.86. The number of nitrogens with zero attached hydrogens (tertiary/aromatic N) is 4. The Balaban J connectivity index is 0.00000392. The molecule has 29 heavy (non-hydrogen) atoms. The Morgan fingerprint density at radius 3 is 2.52 bits per heavy atom. The first kappa shape index (κ1) is 29.4. The van der Waals surface area contributed by atoms with Crippen molar-refractivity contribution in [1.82, 2.24) is 20.0 Å². The molecule has 1 aromatic heterocycles. The summed E-state index contributed by atoms with van der Waals surface area (Å²) in [7, 11) is 0. The first-order valence-corrected chi connectivity index (χ1v) is 7.45. The van der Waals surface area contributed by atoms with Crippen molar-refractivity contribution in [3.8, 4) is 0 Å². The number of carbonyl (C=O) groups is 2. The van der Waals surface area contributed by atoms with E-state index in [0.717, 1.165) is 10.9 Å². The van der Waals surface area contributed by atoms with Crippen LogP contribution in [0, 0.1) is 10.1 Å². The molecule has 0 aliphatic carbocycles. The number of nitrogen functional groups attached to an aromatic ring is 1. The SMILES string of the molecule is Nc1c(C(=O)NC(CN([O-])N=O)C(=O)[O-])ncn1[C@@H]1O[C@H](CO)[C@@H](O)[C@H]1O.[K+].[K+]. The molecular formula is C12H16K2N6O9. The van der Waals surface area contributed by atoms with Crippen LogP contribution >= 0.6 is 0 Å². The van der Waals surface area contributed by atoms with Crippen molar-refractivity contribution in [3.63, 3.8) is 0 Å². The zero-order valence-corrected chi connectivity index (χ0v) is 21.8. The van der Waals surface area contributed by atoms with Gasteiger partial charge in [0.15, 0.2) is 11.9 Å². The van der Waals surface area contributed by atoms with Crippen molar-refractivity contribution < 1.29 is 138 Å². The molecule has 1 aliphatic rings. The molecule has 1 fully saturated rings. The Hall–Kier alpha value is 0.423. The fourth-order valence-corrected chi connectivity index (χ4v) is 2.45. The number of carbonyl (C=O) groups excluding carboxylic acids is 2. The largest absolute Gasteiger partial charge is 1.00 e. The predicted molar refractivity (Wildman–Crippen MR) is 81.8 cm³/mol. The number of nitrogens with two attached hydrogens (primary N) is 1. The molecule has 0 aromatic carbocycles. The van der Waals surface area contributed by atoms with Crippen molar-refractivity contribution in [2.75, 3.05) is 18.9 Å². The van der Waals surface area contributed by atoms with Gasteiger partial charge in [0, 0.05) is 5.29 Å². The van der Waals surface area contributed by atoms with Gasteiger partial charge in [0.05, 0.1) is 31.5 Å². The molecule has 6 N–H and O–H groups in total. The molecule has 150 valence electrons. The summed E-state index contributed by atoms with van der Waals surface area (Å²) in [6.45, 7) is -1.59. The van der Waals surface area contributed by atoms with Crippen LogP contribution in [-0.2, 0) is 9.53 Å². The fraction of sp³-hybridized carbons (Fsp3) is 0.583. The second kappa shape index (κ2) is 13.1. The van der Waals surface area contributed by atoms with E-state index in [1.807, 2.05) is 10.6 Å². The van der Waals surface area contributed by atoms with Crippen LogP contribution in [0.4, 0.5) is 5.82 Å². The molecular weight excluding hydrogens is 450 g/mol. The van der Waals surface area contributed by atoms with Crippen LogP contribution in [0.15, 0.2) is 11.6 Å². The Labute approximate surface area is 248 Å². The molecule has 1 amide bonds. The maximum atomic E-state index is 12.2. The maximum Gasteiger partial charge on any atom is 1.00 e. The molecule has 17 heteroatoms. The molecule has 1 aliphatic heterocycles. The number of aliphatic hydroxyl groups excluding tert-OH is 3. The molecule has 0 bridgehead atoms. The van der Waals surface area contributed by atoms with Crippen LogP contribution in [0.2, 0.25) is 0 Å². The quantitative estimate of drug-likeness (QED) is 0.136. The number of carboxylic acids is 1. The number of nitroso groups, excluding NO2 is 1. The molecule has 0 saturated carbocycles. The number of rotatable bonds is 8. The number of hydroxylamine groups is 1. The summed E-state index contributed by atoms with van der Waals surface area (Å²) in [5.41, 5.74) is 5.28.